The summed E-state index contributed by atoms with van der Waals surface area (Å²) in [5, 5.41) is 6.22. The Morgan fingerprint density at radius 2 is 1.97 bits per heavy atom. The largest absolute Gasteiger partial charge is 0.492 e. The molecule has 1 atom stereocenters. The van der Waals surface area contributed by atoms with E-state index in [1.165, 1.54) is 7.11 Å². The van der Waals surface area contributed by atoms with Crippen LogP contribution in [0.3, 0.4) is 0 Å². The molecule has 156 valence electrons. The Kier molecular flexibility index (Phi) is 6.06. The molecule has 1 saturated heterocycles. The van der Waals surface area contributed by atoms with E-state index in [0.717, 1.165) is 23.9 Å². The summed E-state index contributed by atoms with van der Waals surface area (Å²) in [6, 6.07) is 12.3. The Morgan fingerprint density at radius 1 is 1.17 bits per heavy atom. The number of para-hydroxylation sites is 1. The number of carbonyl (C=O) groups is 2. The molecule has 3 aromatic rings. The molecule has 1 aromatic heterocycles. The molecule has 4 rings (SSSR count). The zero-order chi connectivity index (χ0) is 21.1. The molecule has 8 heteroatoms. The van der Waals surface area contributed by atoms with E-state index in [1.807, 2.05) is 12.1 Å². The van der Waals surface area contributed by atoms with Gasteiger partial charge in [-0.2, -0.15) is 0 Å². The highest BCUT2D eigenvalue weighted by atomic mass is 79.9. The van der Waals surface area contributed by atoms with E-state index in [0.29, 0.717) is 28.8 Å². The van der Waals surface area contributed by atoms with Crippen molar-refractivity contribution in [2.24, 2.45) is 0 Å². The fourth-order valence-electron chi connectivity index (χ4n) is 3.46. The zero-order valence-corrected chi connectivity index (χ0v) is 18.0. The lowest BCUT2D eigenvalue weighted by atomic mass is 10.1. The first-order valence-corrected chi connectivity index (χ1v) is 10.4. The van der Waals surface area contributed by atoms with Crippen LogP contribution in [-0.4, -0.2) is 38.2 Å². The molecular weight excluding hydrogens is 452 g/mol. The van der Waals surface area contributed by atoms with Gasteiger partial charge < -0.3 is 24.5 Å². The lowest BCUT2D eigenvalue weighted by Gasteiger charge is -2.10. The average molecular weight is 473 g/mol. The van der Waals surface area contributed by atoms with Gasteiger partial charge in [-0.3, -0.25) is 9.59 Å². The first-order valence-electron chi connectivity index (χ1n) is 9.63. The number of furan rings is 1. The number of methoxy groups -OCH3 is 1. The molecule has 30 heavy (non-hydrogen) atoms. The second-order valence-electron chi connectivity index (χ2n) is 6.95. The van der Waals surface area contributed by atoms with Crippen LogP contribution in [0.25, 0.3) is 11.0 Å². The van der Waals surface area contributed by atoms with Gasteiger partial charge in [-0.15, -0.1) is 0 Å². The van der Waals surface area contributed by atoms with Crippen LogP contribution in [0.2, 0.25) is 0 Å². The third-order valence-electron chi connectivity index (χ3n) is 4.94. The van der Waals surface area contributed by atoms with Gasteiger partial charge >= 0.3 is 0 Å². The van der Waals surface area contributed by atoms with Gasteiger partial charge in [-0.05, 0) is 49.2 Å². The second kappa shape index (κ2) is 8.89. The van der Waals surface area contributed by atoms with E-state index in [1.54, 1.807) is 30.3 Å². The minimum Gasteiger partial charge on any atom is -0.492 e. The van der Waals surface area contributed by atoms with Crippen LogP contribution in [0, 0.1) is 0 Å². The Labute approximate surface area is 181 Å². The minimum atomic E-state index is -0.462. The summed E-state index contributed by atoms with van der Waals surface area (Å²) in [5.41, 5.74) is 1.26. The molecule has 1 aliphatic heterocycles. The number of amides is 2. The summed E-state index contributed by atoms with van der Waals surface area (Å²) < 4.78 is 17.7. The molecule has 2 heterocycles. The summed E-state index contributed by atoms with van der Waals surface area (Å²) >= 11 is 3.36. The summed E-state index contributed by atoms with van der Waals surface area (Å²) in [7, 11) is 1.46. The number of nitrogens with one attached hydrogen (secondary N) is 2. The second-order valence-corrected chi connectivity index (χ2v) is 7.87. The van der Waals surface area contributed by atoms with Crippen molar-refractivity contribution in [3.8, 4) is 5.75 Å². The number of rotatable bonds is 6. The topological polar surface area (TPSA) is 89.8 Å². The predicted molar refractivity (Wildman–Crippen MR) is 116 cm³/mol. The van der Waals surface area contributed by atoms with Crippen LogP contribution in [-0.2, 0) is 4.74 Å². The van der Waals surface area contributed by atoms with Gasteiger partial charge in [0.05, 0.1) is 24.2 Å². The molecule has 0 radical (unpaired) electrons. The van der Waals surface area contributed by atoms with Gasteiger partial charge in [0.15, 0.2) is 11.3 Å². The third-order valence-corrected chi connectivity index (χ3v) is 5.47. The molecule has 0 spiro atoms. The molecule has 1 fully saturated rings. The van der Waals surface area contributed by atoms with E-state index in [-0.39, 0.29) is 23.5 Å². The summed E-state index contributed by atoms with van der Waals surface area (Å²) in [6.45, 7) is 1.16. The van der Waals surface area contributed by atoms with E-state index >= 15 is 0 Å². The van der Waals surface area contributed by atoms with Crippen LogP contribution in [0.5, 0.6) is 5.75 Å². The van der Waals surface area contributed by atoms with Crippen molar-refractivity contribution in [3.05, 3.63) is 58.3 Å². The Bertz CT molecular complexity index is 1070. The molecule has 0 aliphatic carbocycles. The molecule has 1 unspecified atom stereocenters. The molecule has 2 amide bonds. The van der Waals surface area contributed by atoms with Crippen LogP contribution in [0.15, 0.2) is 51.4 Å². The van der Waals surface area contributed by atoms with Gasteiger partial charge in [0.1, 0.15) is 0 Å². The molecule has 7 nitrogen and oxygen atoms in total. The Balaban J connectivity index is 1.61. The van der Waals surface area contributed by atoms with E-state index in [4.69, 9.17) is 13.9 Å². The van der Waals surface area contributed by atoms with Crippen molar-refractivity contribution in [2.75, 3.05) is 25.6 Å². The summed E-state index contributed by atoms with van der Waals surface area (Å²) in [5.74, 6) is -0.452. The number of halogens is 1. The standard InChI is InChI=1S/C22H21BrN2O5/c1-28-19-16-5-2-6-17(21(26)24-12-15-4-3-11-29-15)18(16)30-20(19)22(27)25-14-9-7-13(23)8-10-14/h2,5-10,15H,3-4,11-12H2,1H3,(H,24,26)(H,25,27). The first kappa shape index (κ1) is 20.4. The zero-order valence-electron chi connectivity index (χ0n) is 16.4. The van der Waals surface area contributed by atoms with Crippen molar-refractivity contribution in [1.29, 1.82) is 0 Å². The monoisotopic (exact) mass is 472 g/mol. The molecule has 0 bridgehead atoms. The summed E-state index contributed by atoms with van der Waals surface area (Å²) in [6.07, 6.45) is 1.97. The Hall–Kier alpha value is -2.84. The molecule has 1 aliphatic rings. The number of fused-ring (bicyclic) bond motifs is 1. The van der Waals surface area contributed by atoms with Crippen molar-refractivity contribution >= 4 is 44.4 Å². The molecule has 2 aromatic carbocycles. The maximum Gasteiger partial charge on any atom is 0.295 e. The van der Waals surface area contributed by atoms with Crippen molar-refractivity contribution in [1.82, 2.24) is 5.32 Å². The number of hydrogen-bond donors (Lipinski definition) is 2. The fourth-order valence-corrected chi connectivity index (χ4v) is 3.72. The van der Waals surface area contributed by atoms with Crippen molar-refractivity contribution < 1.29 is 23.5 Å². The smallest absolute Gasteiger partial charge is 0.295 e. The predicted octanol–water partition coefficient (Wildman–Crippen LogP) is 4.37. The van der Waals surface area contributed by atoms with Crippen molar-refractivity contribution in [2.45, 2.75) is 18.9 Å². The number of hydrogen-bond acceptors (Lipinski definition) is 5. The maximum absolute atomic E-state index is 12.8. The number of ether oxygens (including phenoxy) is 2. The number of carbonyl (C=O) groups excluding carboxylic acids is 2. The third kappa shape index (κ3) is 4.20. The number of anilines is 1. The molecule has 0 saturated carbocycles. The highest BCUT2D eigenvalue weighted by Crippen LogP contribution is 2.35. The first-order chi connectivity index (χ1) is 14.6. The van der Waals surface area contributed by atoms with E-state index in [2.05, 4.69) is 26.6 Å². The van der Waals surface area contributed by atoms with Crippen LogP contribution < -0.4 is 15.4 Å². The lowest BCUT2D eigenvalue weighted by Crippen LogP contribution is -2.31. The maximum atomic E-state index is 12.8. The SMILES string of the molecule is COc1c(C(=O)Nc2ccc(Br)cc2)oc2c(C(=O)NCC3CCCO3)cccc12. The van der Waals surface area contributed by atoms with Crippen LogP contribution in [0.1, 0.15) is 33.8 Å². The van der Waals surface area contributed by atoms with Gasteiger partial charge in [0.25, 0.3) is 11.8 Å². The molecular formula is C22H21BrN2O5. The minimum absolute atomic E-state index is 0.00907. The summed E-state index contributed by atoms with van der Waals surface area (Å²) in [4.78, 5) is 25.6. The van der Waals surface area contributed by atoms with Crippen molar-refractivity contribution in [3.63, 3.8) is 0 Å². The van der Waals surface area contributed by atoms with E-state index in [9.17, 15) is 9.59 Å². The Morgan fingerprint density at radius 3 is 2.67 bits per heavy atom. The fraction of sp³-hybridized carbons (Fsp3) is 0.273. The van der Waals surface area contributed by atoms with Gasteiger partial charge in [0, 0.05) is 23.3 Å². The normalized spacial score (nSPS) is 15.9. The molecule has 2 N–H and O–H groups in total. The highest BCUT2D eigenvalue weighted by Gasteiger charge is 2.25. The van der Waals surface area contributed by atoms with Gasteiger partial charge in [0.2, 0.25) is 5.76 Å². The van der Waals surface area contributed by atoms with Crippen LogP contribution in [0.4, 0.5) is 5.69 Å². The number of benzene rings is 2. The lowest BCUT2D eigenvalue weighted by molar-refractivity contribution is 0.0857. The highest BCUT2D eigenvalue weighted by molar-refractivity contribution is 9.10. The average Bonchev–Trinajstić information content (AvgIpc) is 3.40. The van der Waals surface area contributed by atoms with Crippen LogP contribution >= 0.6 is 15.9 Å². The van der Waals surface area contributed by atoms with Gasteiger partial charge in [-0.25, -0.2) is 0 Å². The van der Waals surface area contributed by atoms with E-state index < -0.39 is 5.91 Å². The van der Waals surface area contributed by atoms with Gasteiger partial charge in [-0.1, -0.05) is 22.0 Å². The quantitative estimate of drug-likeness (QED) is 0.555.